The molecule has 1 aromatic rings. The van der Waals surface area contributed by atoms with Gasteiger partial charge in [0.1, 0.15) is 22.5 Å². The van der Waals surface area contributed by atoms with Gasteiger partial charge in [-0.05, 0) is 23.8 Å². The largest absolute Gasteiger partial charge is 0.445 e. The third-order valence-corrected chi connectivity index (χ3v) is 4.75. The molecule has 0 aromatic heterocycles. The number of benzene rings is 1. The second kappa shape index (κ2) is 10.3. The van der Waals surface area contributed by atoms with Crippen molar-refractivity contribution in [3.05, 3.63) is 35.9 Å². The predicted octanol–water partition coefficient (Wildman–Crippen LogP) is 2.27. The summed E-state index contributed by atoms with van der Waals surface area (Å²) in [7, 11) is -3.26. The van der Waals surface area contributed by atoms with E-state index >= 15 is 0 Å². The lowest BCUT2D eigenvalue weighted by Crippen LogP contribution is -2.48. The van der Waals surface area contributed by atoms with Crippen LogP contribution in [0.25, 0.3) is 0 Å². The first kappa shape index (κ1) is 23.0. The lowest BCUT2D eigenvalue weighted by Gasteiger charge is -2.21. The maximum absolute atomic E-state index is 12.4. The number of nitrogens with one attached hydrogen (secondary N) is 2. The summed E-state index contributed by atoms with van der Waals surface area (Å²) in [6.45, 7) is 6.67. The number of amides is 2. The van der Waals surface area contributed by atoms with E-state index in [1.807, 2.05) is 30.3 Å². The van der Waals surface area contributed by atoms with E-state index in [4.69, 9.17) is 4.74 Å². The summed E-state index contributed by atoms with van der Waals surface area (Å²) in [4.78, 5) is 24.4. The molecule has 0 aliphatic rings. The summed E-state index contributed by atoms with van der Waals surface area (Å²) in [6, 6.07) is 8.17. The van der Waals surface area contributed by atoms with Crippen LogP contribution in [0.4, 0.5) is 4.79 Å². The fraction of sp³-hybridized carbons (Fsp3) is 0.579. The van der Waals surface area contributed by atoms with Gasteiger partial charge in [0.25, 0.3) is 0 Å². The van der Waals surface area contributed by atoms with Crippen LogP contribution in [0.15, 0.2) is 30.3 Å². The summed E-state index contributed by atoms with van der Waals surface area (Å²) in [5.41, 5.74) is 0.868. The molecule has 0 heterocycles. The van der Waals surface area contributed by atoms with E-state index in [1.54, 1.807) is 0 Å². The fourth-order valence-electron chi connectivity index (χ4n) is 2.19. The number of rotatable bonds is 9. The first-order valence-corrected chi connectivity index (χ1v) is 10.9. The molecule has 1 unspecified atom stereocenters. The summed E-state index contributed by atoms with van der Waals surface area (Å²) in [6.07, 6.45) is 1.08. The number of alkyl carbamates (subject to hydrolysis) is 1. The van der Waals surface area contributed by atoms with E-state index in [0.717, 1.165) is 18.2 Å². The number of sulfone groups is 1. The van der Waals surface area contributed by atoms with Crippen LogP contribution in [0.1, 0.15) is 39.2 Å². The monoisotopic (exact) mass is 398 g/mol. The van der Waals surface area contributed by atoms with E-state index < -0.39 is 27.9 Å². The van der Waals surface area contributed by atoms with Gasteiger partial charge in [-0.3, -0.25) is 4.79 Å². The van der Waals surface area contributed by atoms with Crippen LogP contribution in [0.2, 0.25) is 0 Å². The smallest absolute Gasteiger partial charge is 0.408 e. The van der Waals surface area contributed by atoms with Crippen LogP contribution in [0.3, 0.4) is 0 Å². The molecule has 7 nitrogen and oxygen atoms in total. The molecule has 0 radical (unpaired) electrons. The molecule has 1 rings (SSSR count). The topological polar surface area (TPSA) is 102 Å². The molecule has 1 atom stereocenters. The van der Waals surface area contributed by atoms with Crippen LogP contribution >= 0.6 is 0 Å². The molecule has 27 heavy (non-hydrogen) atoms. The van der Waals surface area contributed by atoms with E-state index in [-0.39, 0.29) is 24.2 Å². The Hall–Kier alpha value is -2.09. The lowest BCUT2D eigenvalue weighted by atomic mass is 9.92. The van der Waals surface area contributed by atoms with Gasteiger partial charge in [-0.25, -0.2) is 13.2 Å². The molecule has 0 spiro atoms. The van der Waals surface area contributed by atoms with Crippen LogP contribution in [-0.4, -0.2) is 45.0 Å². The van der Waals surface area contributed by atoms with Gasteiger partial charge in [0, 0.05) is 12.8 Å². The molecule has 0 saturated carbocycles. The van der Waals surface area contributed by atoms with Gasteiger partial charge in [-0.15, -0.1) is 0 Å². The van der Waals surface area contributed by atoms with Crippen molar-refractivity contribution in [2.45, 2.75) is 46.3 Å². The van der Waals surface area contributed by atoms with Crippen molar-refractivity contribution in [1.29, 1.82) is 0 Å². The molecule has 2 amide bonds. The Morgan fingerprint density at radius 2 is 1.78 bits per heavy atom. The van der Waals surface area contributed by atoms with Gasteiger partial charge >= 0.3 is 6.09 Å². The Morgan fingerprint density at radius 3 is 2.33 bits per heavy atom. The Kier molecular flexibility index (Phi) is 8.75. The second-order valence-corrected chi connectivity index (χ2v) is 10.0. The van der Waals surface area contributed by atoms with E-state index in [2.05, 4.69) is 31.4 Å². The second-order valence-electron chi connectivity index (χ2n) is 7.78. The standard InChI is InChI=1S/C19H30N2O5S/c1-19(2,3)11-12-20-17(22)16(10-13-27(4,24)25)21-18(23)26-14-15-8-6-5-7-9-15/h5-9,16H,10-14H2,1-4H3,(H,20,22)(H,21,23). The molecule has 8 heteroatoms. The van der Waals surface area contributed by atoms with Gasteiger partial charge in [-0.1, -0.05) is 51.1 Å². The Labute approximate surface area is 161 Å². The average molecular weight is 399 g/mol. The number of carbonyl (C=O) groups excluding carboxylic acids is 2. The lowest BCUT2D eigenvalue weighted by molar-refractivity contribution is -0.123. The first-order valence-electron chi connectivity index (χ1n) is 8.89. The van der Waals surface area contributed by atoms with Crippen molar-refractivity contribution in [3.8, 4) is 0 Å². The molecule has 0 bridgehead atoms. The van der Waals surface area contributed by atoms with Crippen molar-refractivity contribution in [2.75, 3.05) is 18.6 Å². The van der Waals surface area contributed by atoms with Crippen molar-refractivity contribution in [3.63, 3.8) is 0 Å². The average Bonchev–Trinajstić information content (AvgIpc) is 2.55. The van der Waals surface area contributed by atoms with Gasteiger partial charge < -0.3 is 15.4 Å². The van der Waals surface area contributed by atoms with Crippen LogP contribution < -0.4 is 10.6 Å². The molecule has 0 saturated heterocycles. The maximum atomic E-state index is 12.4. The highest BCUT2D eigenvalue weighted by molar-refractivity contribution is 7.90. The summed E-state index contributed by atoms with van der Waals surface area (Å²) in [5, 5.41) is 5.22. The van der Waals surface area contributed by atoms with Crippen molar-refractivity contribution in [2.24, 2.45) is 5.41 Å². The number of hydrogen-bond donors (Lipinski definition) is 2. The van der Waals surface area contributed by atoms with Crippen LogP contribution in [-0.2, 0) is 26.0 Å². The molecule has 0 aliphatic carbocycles. The Morgan fingerprint density at radius 1 is 1.15 bits per heavy atom. The zero-order valence-corrected chi connectivity index (χ0v) is 17.3. The first-order chi connectivity index (χ1) is 12.5. The highest BCUT2D eigenvalue weighted by Gasteiger charge is 2.23. The van der Waals surface area contributed by atoms with Crippen molar-refractivity contribution >= 4 is 21.8 Å². The summed E-state index contributed by atoms with van der Waals surface area (Å²) in [5.74, 6) is -0.622. The predicted molar refractivity (Wildman–Crippen MR) is 105 cm³/mol. The third kappa shape index (κ3) is 11.3. The molecular formula is C19H30N2O5S. The van der Waals surface area contributed by atoms with Gasteiger partial charge in [0.2, 0.25) is 5.91 Å². The van der Waals surface area contributed by atoms with Crippen LogP contribution in [0.5, 0.6) is 0 Å². The molecule has 2 N–H and O–H groups in total. The number of ether oxygens (including phenoxy) is 1. The number of carbonyl (C=O) groups is 2. The van der Waals surface area contributed by atoms with Crippen molar-refractivity contribution < 1.29 is 22.7 Å². The van der Waals surface area contributed by atoms with Gasteiger partial charge in [-0.2, -0.15) is 0 Å². The zero-order valence-electron chi connectivity index (χ0n) is 16.4. The minimum atomic E-state index is -3.26. The zero-order chi connectivity index (χ0) is 20.5. The fourth-order valence-corrected chi connectivity index (χ4v) is 2.86. The molecule has 152 valence electrons. The highest BCUT2D eigenvalue weighted by atomic mass is 32.2. The SMILES string of the molecule is CC(C)(C)CCNC(=O)C(CCS(C)(=O)=O)NC(=O)OCc1ccccc1. The van der Waals surface area contributed by atoms with E-state index in [0.29, 0.717) is 6.54 Å². The minimum Gasteiger partial charge on any atom is -0.445 e. The quantitative estimate of drug-likeness (QED) is 0.664. The van der Waals surface area contributed by atoms with E-state index in [9.17, 15) is 18.0 Å². The summed E-state index contributed by atoms with van der Waals surface area (Å²) < 4.78 is 28.0. The molecular weight excluding hydrogens is 368 g/mol. The van der Waals surface area contributed by atoms with Crippen LogP contribution in [0, 0.1) is 5.41 Å². The third-order valence-electron chi connectivity index (χ3n) is 3.77. The molecule has 1 aromatic carbocycles. The van der Waals surface area contributed by atoms with Gasteiger partial charge in [0.05, 0.1) is 5.75 Å². The highest BCUT2D eigenvalue weighted by Crippen LogP contribution is 2.17. The molecule has 0 fully saturated rings. The van der Waals surface area contributed by atoms with Gasteiger partial charge in [0.15, 0.2) is 0 Å². The normalized spacial score (nSPS) is 12.9. The molecule has 0 aliphatic heterocycles. The summed E-state index contributed by atoms with van der Waals surface area (Å²) >= 11 is 0. The maximum Gasteiger partial charge on any atom is 0.408 e. The minimum absolute atomic E-state index is 0.0133. The van der Waals surface area contributed by atoms with E-state index in [1.165, 1.54) is 0 Å². The Balaban J connectivity index is 2.61. The Bertz CT molecular complexity index is 711. The number of hydrogen-bond acceptors (Lipinski definition) is 5. The van der Waals surface area contributed by atoms with Crippen molar-refractivity contribution in [1.82, 2.24) is 10.6 Å².